The Balaban J connectivity index is 2.11. The number of furan rings is 1. The number of nitro groups is 1. The van der Waals surface area contributed by atoms with Gasteiger partial charge < -0.3 is 14.8 Å². The Hall–Kier alpha value is -2.68. The van der Waals surface area contributed by atoms with Gasteiger partial charge in [-0.25, -0.2) is 0 Å². The van der Waals surface area contributed by atoms with Crippen LogP contribution in [-0.2, 0) is 5.60 Å². The number of nitrogens with zero attached hydrogens (tertiary/aromatic N) is 2. The minimum atomic E-state index is -1.37. The number of aryl methyl sites for hydroxylation is 2. The van der Waals surface area contributed by atoms with E-state index in [-0.39, 0.29) is 12.2 Å². The molecule has 9 nitrogen and oxygen atoms in total. The minimum Gasteiger partial charge on any atom is -0.466 e. The van der Waals surface area contributed by atoms with E-state index < -0.39 is 22.1 Å². The van der Waals surface area contributed by atoms with Crippen LogP contribution in [0.2, 0.25) is 0 Å². The molecular weight excluding hydrogens is 292 g/mol. The maximum atomic E-state index is 12.0. The van der Waals surface area contributed by atoms with Gasteiger partial charge in [0, 0.05) is 5.56 Å². The Kier molecular flexibility index (Phi) is 4.00. The van der Waals surface area contributed by atoms with E-state index in [2.05, 4.69) is 15.5 Å². The zero-order valence-corrected chi connectivity index (χ0v) is 12.3. The number of aromatic amines is 1. The Bertz CT molecular complexity index is 716. The zero-order valence-electron chi connectivity index (χ0n) is 12.3. The maximum Gasteiger partial charge on any atom is 0.319 e. The van der Waals surface area contributed by atoms with Crippen LogP contribution in [0.15, 0.2) is 16.7 Å². The monoisotopic (exact) mass is 308 g/mol. The summed E-state index contributed by atoms with van der Waals surface area (Å²) in [7, 11) is 0. The van der Waals surface area contributed by atoms with E-state index in [9.17, 15) is 20.0 Å². The molecule has 0 aliphatic rings. The molecular formula is C13H16N4O5. The molecule has 2 heterocycles. The van der Waals surface area contributed by atoms with Gasteiger partial charge in [-0.15, -0.1) is 0 Å². The van der Waals surface area contributed by atoms with Crippen LogP contribution in [0.5, 0.6) is 0 Å². The Labute approximate surface area is 125 Å². The lowest BCUT2D eigenvalue weighted by Gasteiger charge is -2.23. The second-order valence-electron chi connectivity index (χ2n) is 5.17. The average molecular weight is 308 g/mol. The number of amides is 1. The summed E-state index contributed by atoms with van der Waals surface area (Å²) in [6, 6.07) is 1.68. The highest BCUT2D eigenvalue weighted by Gasteiger charge is 2.30. The standard InChI is InChI=1S/C13H16N4O5/c1-7-4-9(8(2)22-7)13(3,19)6-14-12(18)11-10(17(20)21)5-15-16-11/h4-5,19H,6H2,1-3H3,(H,14,18)(H,15,16). The van der Waals surface area contributed by atoms with Gasteiger partial charge >= 0.3 is 5.69 Å². The third-order valence-corrected chi connectivity index (χ3v) is 3.26. The van der Waals surface area contributed by atoms with E-state index in [4.69, 9.17) is 4.42 Å². The Morgan fingerprint density at radius 3 is 2.82 bits per heavy atom. The van der Waals surface area contributed by atoms with Gasteiger partial charge in [-0.05, 0) is 26.8 Å². The van der Waals surface area contributed by atoms with Crippen LogP contribution in [0.3, 0.4) is 0 Å². The first-order chi connectivity index (χ1) is 10.2. The Morgan fingerprint density at radius 2 is 2.27 bits per heavy atom. The molecule has 0 saturated heterocycles. The van der Waals surface area contributed by atoms with Crippen molar-refractivity contribution in [1.29, 1.82) is 0 Å². The second-order valence-corrected chi connectivity index (χ2v) is 5.17. The van der Waals surface area contributed by atoms with E-state index in [1.165, 1.54) is 6.92 Å². The first kappa shape index (κ1) is 15.7. The number of H-pyrrole nitrogens is 1. The molecule has 0 aliphatic heterocycles. The minimum absolute atomic E-state index is 0.137. The molecule has 0 bridgehead atoms. The fraction of sp³-hybridized carbons (Fsp3) is 0.385. The van der Waals surface area contributed by atoms with Crippen molar-refractivity contribution in [3.05, 3.63) is 45.2 Å². The summed E-state index contributed by atoms with van der Waals surface area (Å²) >= 11 is 0. The molecule has 1 amide bonds. The fourth-order valence-electron chi connectivity index (χ4n) is 2.19. The van der Waals surface area contributed by atoms with Crippen LogP contribution in [0.4, 0.5) is 5.69 Å². The van der Waals surface area contributed by atoms with Crippen molar-refractivity contribution in [2.75, 3.05) is 6.54 Å². The van der Waals surface area contributed by atoms with Crippen LogP contribution in [0, 0.1) is 24.0 Å². The van der Waals surface area contributed by atoms with Crippen molar-refractivity contribution in [1.82, 2.24) is 15.5 Å². The molecule has 0 fully saturated rings. The van der Waals surface area contributed by atoms with E-state index in [1.807, 2.05) is 0 Å². The van der Waals surface area contributed by atoms with Crippen molar-refractivity contribution < 1.29 is 19.2 Å². The molecule has 0 spiro atoms. The van der Waals surface area contributed by atoms with Gasteiger partial charge in [-0.2, -0.15) is 5.10 Å². The number of hydrogen-bond donors (Lipinski definition) is 3. The Morgan fingerprint density at radius 1 is 1.59 bits per heavy atom. The number of aromatic nitrogens is 2. The predicted octanol–water partition coefficient (Wildman–Crippen LogP) is 1.17. The van der Waals surface area contributed by atoms with Crippen molar-refractivity contribution in [2.45, 2.75) is 26.4 Å². The van der Waals surface area contributed by atoms with Gasteiger partial charge in [-0.3, -0.25) is 20.0 Å². The third kappa shape index (κ3) is 2.98. The number of hydrogen-bond acceptors (Lipinski definition) is 6. The van der Waals surface area contributed by atoms with Crippen LogP contribution >= 0.6 is 0 Å². The average Bonchev–Trinajstić information content (AvgIpc) is 3.02. The van der Waals surface area contributed by atoms with Crippen LogP contribution < -0.4 is 5.32 Å². The number of aliphatic hydroxyl groups is 1. The molecule has 9 heteroatoms. The van der Waals surface area contributed by atoms with E-state index in [1.54, 1.807) is 19.9 Å². The number of rotatable bonds is 5. The quantitative estimate of drug-likeness (QED) is 0.560. The topological polar surface area (TPSA) is 134 Å². The highest BCUT2D eigenvalue weighted by molar-refractivity contribution is 5.96. The lowest BCUT2D eigenvalue weighted by molar-refractivity contribution is -0.385. The number of carbonyl (C=O) groups is 1. The van der Waals surface area contributed by atoms with E-state index >= 15 is 0 Å². The fourth-order valence-corrected chi connectivity index (χ4v) is 2.19. The van der Waals surface area contributed by atoms with Gasteiger partial charge in [-0.1, -0.05) is 0 Å². The first-order valence-electron chi connectivity index (χ1n) is 6.48. The molecule has 1 atom stereocenters. The SMILES string of the molecule is Cc1cc(C(C)(O)CNC(=O)c2[nH]ncc2[N+](=O)[O-])c(C)o1. The third-order valence-electron chi connectivity index (χ3n) is 3.26. The summed E-state index contributed by atoms with van der Waals surface area (Å²) in [5, 5.41) is 29.4. The van der Waals surface area contributed by atoms with Gasteiger partial charge in [0.1, 0.15) is 23.3 Å². The first-order valence-corrected chi connectivity index (χ1v) is 6.48. The predicted molar refractivity (Wildman–Crippen MR) is 75.3 cm³/mol. The molecule has 2 aromatic heterocycles. The van der Waals surface area contributed by atoms with Gasteiger partial charge in [0.15, 0.2) is 0 Å². The molecule has 22 heavy (non-hydrogen) atoms. The molecule has 1 unspecified atom stereocenters. The van der Waals surface area contributed by atoms with Crippen molar-refractivity contribution in [2.24, 2.45) is 0 Å². The van der Waals surface area contributed by atoms with E-state index in [0.717, 1.165) is 6.20 Å². The van der Waals surface area contributed by atoms with E-state index in [0.29, 0.717) is 17.1 Å². The van der Waals surface area contributed by atoms with Crippen molar-refractivity contribution in [3.8, 4) is 0 Å². The van der Waals surface area contributed by atoms with Crippen LogP contribution in [0.1, 0.15) is 34.5 Å². The van der Waals surface area contributed by atoms with Crippen molar-refractivity contribution >= 4 is 11.6 Å². The molecule has 3 N–H and O–H groups in total. The molecule has 2 aromatic rings. The molecule has 0 aromatic carbocycles. The number of carbonyl (C=O) groups excluding carboxylic acids is 1. The molecule has 0 aliphatic carbocycles. The second kappa shape index (κ2) is 5.60. The molecule has 0 saturated carbocycles. The van der Waals surface area contributed by atoms with Crippen LogP contribution in [0.25, 0.3) is 0 Å². The molecule has 118 valence electrons. The lowest BCUT2D eigenvalue weighted by atomic mass is 9.96. The largest absolute Gasteiger partial charge is 0.466 e. The summed E-state index contributed by atoms with van der Waals surface area (Å²) < 4.78 is 5.35. The molecule has 0 radical (unpaired) electrons. The summed E-state index contributed by atoms with van der Waals surface area (Å²) in [6.07, 6.45) is 0.955. The van der Waals surface area contributed by atoms with Gasteiger partial charge in [0.05, 0.1) is 11.5 Å². The van der Waals surface area contributed by atoms with Crippen molar-refractivity contribution in [3.63, 3.8) is 0 Å². The zero-order chi connectivity index (χ0) is 16.5. The highest BCUT2D eigenvalue weighted by atomic mass is 16.6. The van der Waals surface area contributed by atoms with Crippen LogP contribution in [-0.4, -0.2) is 32.7 Å². The van der Waals surface area contributed by atoms with Gasteiger partial charge in [0.25, 0.3) is 5.91 Å². The summed E-state index contributed by atoms with van der Waals surface area (Å²) in [4.78, 5) is 22.0. The number of nitrogens with one attached hydrogen (secondary N) is 2. The summed E-state index contributed by atoms with van der Waals surface area (Å²) in [5.41, 5.74) is -1.51. The maximum absolute atomic E-state index is 12.0. The lowest BCUT2D eigenvalue weighted by Crippen LogP contribution is -2.39. The smallest absolute Gasteiger partial charge is 0.319 e. The normalized spacial score (nSPS) is 13.6. The highest BCUT2D eigenvalue weighted by Crippen LogP contribution is 2.26. The van der Waals surface area contributed by atoms with Gasteiger partial charge in [0.2, 0.25) is 5.69 Å². The summed E-state index contributed by atoms with van der Waals surface area (Å²) in [6.45, 7) is 4.84. The molecule has 2 rings (SSSR count). The summed E-state index contributed by atoms with van der Waals surface area (Å²) in [5.74, 6) is 0.468.